The lowest BCUT2D eigenvalue weighted by atomic mass is 10.0. The van der Waals surface area contributed by atoms with Crippen LogP contribution in [0.3, 0.4) is 0 Å². The third-order valence-electron chi connectivity index (χ3n) is 4.55. The second-order valence-electron chi connectivity index (χ2n) is 6.96. The lowest BCUT2D eigenvalue weighted by Crippen LogP contribution is -2.07. The fraction of sp³-hybridized carbons (Fsp3) is 0.682. The minimum atomic E-state index is -0.186. The van der Waals surface area contributed by atoms with Crippen LogP contribution in [-0.4, -0.2) is 11.1 Å². The van der Waals surface area contributed by atoms with Gasteiger partial charge in [-0.25, -0.2) is 0 Å². The average molecular weight is 349 g/mol. The number of ether oxygens (including phenoxy) is 1. The predicted molar refractivity (Wildman–Crippen MR) is 104 cm³/mol. The number of aromatic hydroxyl groups is 1. The molecule has 0 saturated carbocycles. The first-order valence-electron chi connectivity index (χ1n) is 10.2. The van der Waals surface area contributed by atoms with Crippen molar-refractivity contribution < 1.29 is 14.6 Å². The summed E-state index contributed by atoms with van der Waals surface area (Å²) in [5.74, 6) is 0.488. The minimum absolute atomic E-state index is 0.177. The number of unbranched alkanes of at least 4 members (excludes halogenated alkanes) is 12. The molecule has 0 fully saturated rings. The lowest BCUT2D eigenvalue weighted by Gasteiger charge is -2.05. The molecule has 0 aromatic heterocycles. The minimum Gasteiger partial charge on any atom is -0.508 e. The highest BCUT2D eigenvalue weighted by Crippen LogP contribution is 2.17. The van der Waals surface area contributed by atoms with E-state index in [9.17, 15) is 9.90 Å². The monoisotopic (exact) mass is 348 g/mol. The molecule has 25 heavy (non-hydrogen) atoms. The number of benzene rings is 1. The molecular weight excluding hydrogens is 312 g/mol. The van der Waals surface area contributed by atoms with E-state index < -0.39 is 0 Å². The Hall–Kier alpha value is -1.51. The summed E-state index contributed by atoms with van der Waals surface area (Å²) in [6, 6.07) is 6.26. The molecule has 0 unspecified atom stereocenters. The van der Waals surface area contributed by atoms with E-state index in [1.54, 1.807) is 12.1 Å². The SMILES string of the molecule is CCCCCCCCCCCCCCCC(=O)Oc1ccc(O)cc1. The van der Waals surface area contributed by atoms with Crippen molar-refractivity contribution in [3.05, 3.63) is 24.3 Å². The molecule has 0 radical (unpaired) electrons. The van der Waals surface area contributed by atoms with Gasteiger partial charge < -0.3 is 9.84 Å². The fourth-order valence-electron chi connectivity index (χ4n) is 2.98. The third kappa shape index (κ3) is 12.5. The van der Waals surface area contributed by atoms with Crippen LogP contribution < -0.4 is 4.74 Å². The molecule has 1 aromatic rings. The van der Waals surface area contributed by atoms with Crippen molar-refractivity contribution >= 4 is 5.97 Å². The normalized spacial score (nSPS) is 10.8. The van der Waals surface area contributed by atoms with Gasteiger partial charge in [0, 0.05) is 6.42 Å². The largest absolute Gasteiger partial charge is 0.508 e. The summed E-state index contributed by atoms with van der Waals surface area (Å²) >= 11 is 0. The van der Waals surface area contributed by atoms with E-state index in [0.29, 0.717) is 12.2 Å². The maximum Gasteiger partial charge on any atom is 0.311 e. The molecule has 0 atom stereocenters. The van der Waals surface area contributed by atoms with E-state index in [4.69, 9.17) is 4.74 Å². The van der Waals surface area contributed by atoms with Crippen molar-refractivity contribution in [3.8, 4) is 11.5 Å². The molecule has 1 aromatic carbocycles. The Bertz CT molecular complexity index is 439. The van der Waals surface area contributed by atoms with Crippen molar-refractivity contribution in [1.82, 2.24) is 0 Å². The Morgan fingerprint density at radius 1 is 0.760 bits per heavy atom. The smallest absolute Gasteiger partial charge is 0.311 e. The van der Waals surface area contributed by atoms with Crippen LogP contribution in [0.15, 0.2) is 24.3 Å². The number of phenols is 1. The first-order valence-corrected chi connectivity index (χ1v) is 10.2. The summed E-state index contributed by atoms with van der Waals surface area (Å²) < 4.78 is 5.23. The summed E-state index contributed by atoms with van der Waals surface area (Å²) in [6.07, 6.45) is 17.4. The average Bonchev–Trinajstić information content (AvgIpc) is 2.61. The number of esters is 1. The van der Waals surface area contributed by atoms with E-state index in [0.717, 1.165) is 12.8 Å². The number of hydrogen-bond acceptors (Lipinski definition) is 3. The molecule has 0 heterocycles. The van der Waals surface area contributed by atoms with Crippen LogP contribution in [0, 0.1) is 0 Å². The van der Waals surface area contributed by atoms with Gasteiger partial charge in [-0.15, -0.1) is 0 Å². The van der Waals surface area contributed by atoms with Gasteiger partial charge in [0.2, 0.25) is 0 Å². The highest BCUT2D eigenvalue weighted by Gasteiger charge is 2.04. The van der Waals surface area contributed by atoms with Crippen molar-refractivity contribution in [2.24, 2.45) is 0 Å². The molecule has 1 rings (SSSR count). The van der Waals surface area contributed by atoms with E-state index in [1.807, 2.05) is 0 Å². The molecule has 3 heteroatoms. The molecule has 0 aliphatic carbocycles. The first-order chi connectivity index (χ1) is 12.2. The van der Waals surface area contributed by atoms with Crippen molar-refractivity contribution in [1.29, 1.82) is 0 Å². The van der Waals surface area contributed by atoms with Crippen LogP contribution in [-0.2, 0) is 4.79 Å². The topological polar surface area (TPSA) is 46.5 Å². The van der Waals surface area contributed by atoms with Crippen LogP contribution >= 0.6 is 0 Å². The van der Waals surface area contributed by atoms with Crippen molar-refractivity contribution in [2.75, 3.05) is 0 Å². The standard InChI is InChI=1S/C22H36O3/c1-2-3-4-5-6-7-8-9-10-11-12-13-14-15-22(24)25-21-18-16-20(23)17-19-21/h16-19,23H,2-15H2,1H3. The molecule has 3 nitrogen and oxygen atoms in total. The Balaban J connectivity index is 1.85. The summed E-state index contributed by atoms with van der Waals surface area (Å²) in [7, 11) is 0. The molecule has 0 aliphatic rings. The van der Waals surface area contributed by atoms with Gasteiger partial charge in [0.15, 0.2) is 0 Å². The highest BCUT2D eigenvalue weighted by molar-refractivity contribution is 5.72. The summed E-state index contributed by atoms with van der Waals surface area (Å²) in [4.78, 5) is 11.7. The third-order valence-corrected chi connectivity index (χ3v) is 4.55. The maximum atomic E-state index is 11.7. The van der Waals surface area contributed by atoms with E-state index >= 15 is 0 Å². The maximum absolute atomic E-state index is 11.7. The fourth-order valence-corrected chi connectivity index (χ4v) is 2.98. The van der Waals surface area contributed by atoms with E-state index in [1.165, 1.54) is 82.8 Å². The number of hydrogen-bond donors (Lipinski definition) is 1. The molecule has 0 amide bonds. The van der Waals surface area contributed by atoms with Gasteiger partial charge in [-0.2, -0.15) is 0 Å². The zero-order valence-electron chi connectivity index (χ0n) is 16.0. The Kier molecular flexibility index (Phi) is 12.7. The van der Waals surface area contributed by atoms with Gasteiger partial charge in [-0.1, -0.05) is 84.0 Å². The first kappa shape index (κ1) is 21.5. The molecule has 0 aliphatic heterocycles. The number of carbonyl (C=O) groups excluding carboxylic acids is 1. The number of rotatable bonds is 15. The molecule has 0 bridgehead atoms. The zero-order chi connectivity index (χ0) is 18.2. The Labute approximate surface area is 153 Å². The van der Waals surface area contributed by atoms with Crippen molar-refractivity contribution in [2.45, 2.75) is 96.8 Å². The molecule has 1 N–H and O–H groups in total. The van der Waals surface area contributed by atoms with Crippen LogP contribution in [0.2, 0.25) is 0 Å². The van der Waals surface area contributed by atoms with Gasteiger partial charge in [-0.3, -0.25) is 4.79 Å². The molecule has 0 spiro atoms. The quantitative estimate of drug-likeness (QED) is 0.216. The van der Waals surface area contributed by atoms with Crippen LogP contribution in [0.4, 0.5) is 0 Å². The summed E-state index contributed by atoms with van der Waals surface area (Å²) in [5, 5.41) is 9.19. The number of phenolic OH excluding ortho intramolecular Hbond substituents is 1. The molecule has 0 saturated heterocycles. The second-order valence-corrected chi connectivity index (χ2v) is 6.96. The highest BCUT2D eigenvalue weighted by atomic mass is 16.5. The molecule has 142 valence electrons. The van der Waals surface area contributed by atoms with Crippen LogP contribution in [0.5, 0.6) is 11.5 Å². The lowest BCUT2D eigenvalue weighted by molar-refractivity contribution is -0.134. The van der Waals surface area contributed by atoms with Gasteiger partial charge in [-0.05, 0) is 30.7 Å². The Morgan fingerprint density at radius 3 is 1.68 bits per heavy atom. The molecular formula is C22H36O3. The van der Waals surface area contributed by atoms with E-state index in [-0.39, 0.29) is 11.7 Å². The summed E-state index contributed by atoms with van der Waals surface area (Å²) in [5.41, 5.74) is 0. The number of carbonyl (C=O) groups is 1. The van der Waals surface area contributed by atoms with E-state index in [2.05, 4.69) is 6.92 Å². The summed E-state index contributed by atoms with van der Waals surface area (Å²) in [6.45, 7) is 2.26. The van der Waals surface area contributed by atoms with Crippen molar-refractivity contribution in [3.63, 3.8) is 0 Å². The van der Waals surface area contributed by atoms with Crippen LogP contribution in [0.25, 0.3) is 0 Å². The van der Waals surface area contributed by atoms with Crippen LogP contribution in [0.1, 0.15) is 96.8 Å². The zero-order valence-corrected chi connectivity index (χ0v) is 16.0. The second kappa shape index (κ2) is 14.8. The Morgan fingerprint density at radius 2 is 1.20 bits per heavy atom. The van der Waals surface area contributed by atoms with Gasteiger partial charge in [0.1, 0.15) is 11.5 Å². The predicted octanol–water partition coefficient (Wildman–Crippen LogP) is 6.78. The van der Waals surface area contributed by atoms with Gasteiger partial charge >= 0.3 is 5.97 Å². The van der Waals surface area contributed by atoms with Gasteiger partial charge in [0.05, 0.1) is 0 Å². The van der Waals surface area contributed by atoms with Gasteiger partial charge in [0.25, 0.3) is 0 Å².